The molecule has 1 aliphatic rings. The lowest BCUT2D eigenvalue weighted by Crippen LogP contribution is -2.29. The van der Waals surface area contributed by atoms with Gasteiger partial charge in [0.25, 0.3) is 0 Å². The first-order valence-corrected chi connectivity index (χ1v) is 8.55. The molecule has 2 aromatic carbocycles. The monoisotopic (exact) mass is 337 g/mol. The van der Waals surface area contributed by atoms with Gasteiger partial charge in [-0.25, -0.2) is 0 Å². The number of hydrogen-bond acceptors (Lipinski definition) is 3. The molecule has 0 aliphatic carbocycles. The van der Waals surface area contributed by atoms with Gasteiger partial charge in [0.05, 0.1) is 5.92 Å². The average Bonchev–Trinajstić information content (AvgIpc) is 3.00. The highest BCUT2D eigenvalue weighted by atomic mass is 16.2. The van der Waals surface area contributed by atoms with Gasteiger partial charge in [-0.3, -0.25) is 9.59 Å². The second-order valence-corrected chi connectivity index (χ2v) is 6.45. The van der Waals surface area contributed by atoms with Crippen LogP contribution in [0.15, 0.2) is 42.5 Å². The first-order chi connectivity index (χ1) is 12.0. The van der Waals surface area contributed by atoms with Crippen molar-refractivity contribution >= 4 is 28.9 Å². The van der Waals surface area contributed by atoms with Crippen LogP contribution in [0.1, 0.15) is 24.5 Å². The molecule has 0 bridgehead atoms. The minimum absolute atomic E-state index is 0.00894. The maximum atomic E-state index is 12.6. The lowest BCUT2D eigenvalue weighted by Gasteiger charge is -2.20. The van der Waals surface area contributed by atoms with Gasteiger partial charge in [-0.1, -0.05) is 31.2 Å². The minimum atomic E-state index is -0.363. The second-order valence-electron chi connectivity index (χ2n) is 6.45. The molecule has 3 rings (SSSR count). The summed E-state index contributed by atoms with van der Waals surface area (Å²) < 4.78 is 0. The molecule has 5 heteroatoms. The average molecular weight is 337 g/mol. The second kappa shape index (κ2) is 6.97. The lowest BCUT2D eigenvalue weighted by atomic mass is 10.1. The van der Waals surface area contributed by atoms with Crippen LogP contribution in [0.25, 0.3) is 0 Å². The van der Waals surface area contributed by atoms with E-state index in [4.69, 9.17) is 5.73 Å². The lowest BCUT2D eigenvalue weighted by molar-refractivity contribution is -0.122. The van der Waals surface area contributed by atoms with Gasteiger partial charge < -0.3 is 16.0 Å². The van der Waals surface area contributed by atoms with Crippen LogP contribution in [0.2, 0.25) is 0 Å². The Kier molecular flexibility index (Phi) is 4.74. The molecule has 5 nitrogen and oxygen atoms in total. The van der Waals surface area contributed by atoms with Crippen molar-refractivity contribution in [2.75, 3.05) is 22.5 Å². The van der Waals surface area contributed by atoms with E-state index < -0.39 is 0 Å². The van der Waals surface area contributed by atoms with Gasteiger partial charge in [-0.2, -0.15) is 0 Å². The first kappa shape index (κ1) is 17.0. The smallest absolute Gasteiger partial charge is 0.229 e. The number of nitrogens with one attached hydrogen (secondary N) is 1. The molecule has 0 saturated carbocycles. The fourth-order valence-electron chi connectivity index (χ4n) is 3.20. The SMILES string of the molecule is CCc1ccccc1N1CC(C(=O)Nc2cc(N)ccc2C)CC1=O. The number of rotatable bonds is 4. The number of hydrogen-bond donors (Lipinski definition) is 2. The summed E-state index contributed by atoms with van der Waals surface area (Å²) in [7, 11) is 0. The van der Waals surface area contributed by atoms with Gasteiger partial charge in [-0.05, 0) is 42.7 Å². The number of para-hydroxylation sites is 1. The highest BCUT2D eigenvalue weighted by molar-refractivity contribution is 6.04. The molecule has 2 amide bonds. The predicted molar refractivity (Wildman–Crippen MR) is 101 cm³/mol. The standard InChI is InChI=1S/C20H23N3O2/c1-3-14-6-4-5-7-18(14)23-12-15(10-19(23)24)20(25)22-17-11-16(21)9-8-13(17)2/h4-9,11,15H,3,10,12,21H2,1-2H3,(H,22,25). The van der Waals surface area contributed by atoms with Crippen molar-refractivity contribution in [2.45, 2.75) is 26.7 Å². The summed E-state index contributed by atoms with van der Waals surface area (Å²) in [5, 5.41) is 2.92. The van der Waals surface area contributed by atoms with E-state index in [0.29, 0.717) is 17.9 Å². The third-order valence-corrected chi connectivity index (χ3v) is 4.68. The summed E-state index contributed by atoms with van der Waals surface area (Å²) in [4.78, 5) is 26.8. The zero-order valence-corrected chi connectivity index (χ0v) is 14.6. The van der Waals surface area contributed by atoms with E-state index in [9.17, 15) is 9.59 Å². The molecule has 0 radical (unpaired) electrons. The molecule has 1 aliphatic heterocycles. The molecule has 2 aromatic rings. The maximum Gasteiger partial charge on any atom is 0.229 e. The van der Waals surface area contributed by atoms with Gasteiger partial charge >= 0.3 is 0 Å². The van der Waals surface area contributed by atoms with Crippen LogP contribution in [0.4, 0.5) is 17.1 Å². The zero-order chi connectivity index (χ0) is 18.0. The van der Waals surface area contributed by atoms with E-state index in [1.807, 2.05) is 37.3 Å². The minimum Gasteiger partial charge on any atom is -0.399 e. The Labute approximate surface area is 147 Å². The Balaban J connectivity index is 1.76. The van der Waals surface area contributed by atoms with Gasteiger partial charge in [-0.15, -0.1) is 0 Å². The number of amides is 2. The Hall–Kier alpha value is -2.82. The molecule has 130 valence electrons. The van der Waals surface area contributed by atoms with Gasteiger partial charge in [0.15, 0.2) is 0 Å². The van der Waals surface area contributed by atoms with Crippen LogP contribution in [0, 0.1) is 12.8 Å². The third kappa shape index (κ3) is 3.50. The number of carbonyl (C=O) groups excluding carboxylic acids is 2. The fourth-order valence-corrected chi connectivity index (χ4v) is 3.20. The Morgan fingerprint density at radius 2 is 2.04 bits per heavy atom. The van der Waals surface area contributed by atoms with E-state index in [1.165, 1.54) is 0 Å². The summed E-state index contributed by atoms with van der Waals surface area (Å²) in [6, 6.07) is 13.3. The normalized spacial score (nSPS) is 17.0. The number of nitrogens with two attached hydrogens (primary N) is 1. The molecular weight excluding hydrogens is 314 g/mol. The maximum absolute atomic E-state index is 12.6. The fraction of sp³-hybridized carbons (Fsp3) is 0.300. The first-order valence-electron chi connectivity index (χ1n) is 8.55. The van der Waals surface area contributed by atoms with E-state index >= 15 is 0 Å². The van der Waals surface area contributed by atoms with Crippen LogP contribution in [0.3, 0.4) is 0 Å². The quantitative estimate of drug-likeness (QED) is 0.842. The van der Waals surface area contributed by atoms with E-state index in [-0.39, 0.29) is 24.2 Å². The summed E-state index contributed by atoms with van der Waals surface area (Å²) in [5.74, 6) is -0.512. The van der Waals surface area contributed by atoms with E-state index in [0.717, 1.165) is 23.2 Å². The molecule has 1 heterocycles. The van der Waals surface area contributed by atoms with Crippen LogP contribution in [0.5, 0.6) is 0 Å². The summed E-state index contributed by atoms with van der Waals surface area (Å²) in [6.45, 7) is 4.38. The van der Waals surface area contributed by atoms with Crippen LogP contribution >= 0.6 is 0 Å². The predicted octanol–water partition coefficient (Wildman–Crippen LogP) is 3.13. The Morgan fingerprint density at radius 1 is 1.28 bits per heavy atom. The van der Waals surface area contributed by atoms with Crippen molar-refractivity contribution in [1.82, 2.24) is 0 Å². The van der Waals surface area contributed by atoms with Gasteiger partial charge in [0.2, 0.25) is 11.8 Å². The summed E-state index contributed by atoms with van der Waals surface area (Å²) in [6.07, 6.45) is 1.07. The van der Waals surface area contributed by atoms with Crippen molar-refractivity contribution in [3.63, 3.8) is 0 Å². The molecule has 0 aromatic heterocycles. The topological polar surface area (TPSA) is 75.4 Å². The summed E-state index contributed by atoms with van der Waals surface area (Å²) >= 11 is 0. The van der Waals surface area contributed by atoms with Crippen molar-refractivity contribution in [2.24, 2.45) is 5.92 Å². The number of carbonyl (C=O) groups is 2. The number of nitrogens with zero attached hydrogens (tertiary/aromatic N) is 1. The highest BCUT2D eigenvalue weighted by Gasteiger charge is 2.35. The van der Waals surface area contributed by atoms with Crippen LogP contribution in [-0.4, -0.2) is 18.4 Å². The van der Waals surface area contributed by atoms with Crippen molar-refractivity contribution in [3.05, 3.63) is 53.6 Å². The number of anilines is 3. The molecule has 25 heavy (non-hydrogen) atoms. The number of benzene rings is 2. The molecular formula is C20H23N3O2. The largest absolute Gasteiger partial charge is 0.399 e. The van der Waals surface area contributed by atoms with Gasteiger partial charge in [0.1, 0.15) is 0 Å². The summed E-state index contributed by atoms with van der Waals surface area (Å²) in [5.41, 5.74) is 10.1. The molecule has 1 fully saturated rings. The molecule has 0 spiro atoms. The molecule has 1 unspecified atom stereocenters. The van der Waals surface area contributed by atoms with Crippen molar-refractivity contribution in [3.8, 4) is 0 Å². The van der Waals surface area contributed by atoms with Crippen LogP contribution < -0.4 is 16.0 Å². The zero-order valence-electron chi connectivity index (χ0n) is 14.6. The van der Waals surface area contributed by atoms with Gasteiger partial charge in [0, 0.05) is 30.0 Å². The molecule has 1 atom stereocenters. The Bertz CT molecular complexity index is 816. The highest BCUT2D eigenvalue weighted by Crippen LogP contribution is 2.29. The number of nitrogen functional groups attached to an aromatic ring is 1. The molecule has 1 saturated heterocycles. The van der Waals surface area contributed by atoms with Crippen LogP contribution in [-0.2, 0) is 16.0 Å². The Morgan fingerprint density at radius 3 is 2.80 bits per heavy atom. The van der Waals surface area contributed by atoms with Crippen molar-refractivity contribution in [1.29, 1.82) is 0 Å². The van der Waals surface area contributed by atoms with E-state index in [2.05, 4.69) is 12.2 Å². The third-order valence-electron chi connectivity index (χ3n) is 4.68. The number of aryl methyl sites for hydroxylation is 2. The molecule has 3 N–H and O–H groups in total. The van der Waals surface area contributed by atoms with E-state index in [1.54, 1.807) is 17.0 Å². The van der Waals surface area contributed by atoms with Crippen molar-refractivity contribution < 1.29 is 9.59 Å².